The maximum atomic E-state index is 13.8. The van der Waals surface area contributed by atoms with Gasteiger partial charge in [0.1, 0.15) is 17.2 Å². The first-order valence-corrected chi connectivity index (χ1v) is 8.01. The molecule has 0 spiro atoms. The average Bonchev–Trinajstić information content (AvgIpc) is 3.28. The molecule has 0 saturated carbocycles. The van der Waals surface area contributed by atoms with Crippen molar-refractivity contribution in [1.29, 1.82) is 0 Å². The second kappa shape index (κ2) is 6.79. The number of nitrogens with one attached hydrogen (secondary N) is 1. The first-order valence-electron chi connectivity index (χ1n) is 8.01. The highest BCUT2D eigenvalue weighted by Crippen LogP contribution is 2.23. The number of fused-ring (bicyclic) bond motifs is 1. The molecule has 0 aliphatic carbocycles. The molecule has 0 radical (unpaired) electrons. The van der Waals surface area contributed by atoms with Crippen molar-refractivity contribution >= 4 is 16.9 Å². The van der Waals surface area contributed by atoms with Crippen molar-refractivity contribution < 1.29 is 18.2 Å². The SMILES string of the molecule is O=C(Cc1noc2ccccc12)NCc1cc(-c2ccccc2F)on1. The second-order valence-corrected chi connectivity index (χ2v) is 5.74. The van der Waals surface area contributed by atoms with Crippen LogP contribution in [0.4, 0.5) is 4.39 Å². The molecule has 2 aromatic heterocycles. The van der Waals surface area contributed by atoms with E-state index in [2.05, 4.69) is 15.6 Å². The smallest absolute Gasteiger partial charge is 0.226 e. The third-order valence-electron chi connectivity index (χ3n) is 3.95. The fourth-order valence-corrected chi connectivity index (χ4v) is 2.65. The lowest BCUT2D eigenvalue weighted by Crippen LogP contribution is -2.24. The zero-order chi connectivity index (χ0) is 17.9. The number of halogens is 1. The largest absolute Gasteiger partial charge is 0.356 e. The molecule has 7 heteroatoms. The van der Waals surface area contributed by atoms with E-state index in [0.717, 1.165) is 5.39 Å². The summed E-state index contributed by atoms with van der Waals surface area (Å²) in [5, 5.41) is 11.3. The van der Waals surface area contributed by atoms with Crippen molar-refractivity contribution in [3.63, 3.8) is 0 Å². The minimum atomic E-state index is -0.392. The van der Waals surface area contributed by atoms with Gasteiger partial charge in [0.25, 0.3) is 0 Å². The fourth-order valence-electron chi connectivity index (χ4n) is 2.65. The molecule has 1 N–H and O–H groups in total. The topological polar surface area (TPSA) is 81.2 Å². The van der Waals surface area contributed by atoms with Gasteiger partial charge in [-0.25, -0.2) is 4.39 Å². The summed E-state index contributed by atoms with van der Waals surface area (Å²) in [7, 11) is 0. The van der Waals surface area contributed by atoms with E-state index in [1.54, 1.807) is 30.3 Å². The van der Waals surface area contributed by atoms with Crippen LogP contribution in [0.2, 0.25) is 0 Å². The fraction of sp³-hybridized carbons (Fsp3) is 0.105. The molecule has 2 heterocycles. The second-order valence-electron chi connectivity index (χ2n) is 5.74. The Labute approximate surface area is 147 Å². The summed E-state index contributed by atoms with van der Waals surface area (Å²) in [5.41, 5.74) is 2.04. The van der Waals surface area contributed by atoms with E-state index in [-0.39, 0.29) is 18.9 Å². The van der Waals surface area contributed by atoms with Gasteiger partial charge in [0.2, 0.25) is 5.91 Å². The van der Waals surface area contributed by atoms with Gasteiger partial charge < -0.3 is 14.4 Å². The number of para-hydroxylation sites is 1. The molecular formula is C19H14FN3O3. The number of nitrogens with zero attached hydrogens (tertiary/aromatic N) is 2. The summed E-state index contributed by atoms with van der Waals surface area (Å²) < 4.78 is 24.1. The number of hydrogen-bond acceptors (Lipinski definition) is 5. The molecule has 130 valence electrons. The predicted octanol–water partition coefficient (Wildman–Crippen LogP) is 3.48. The van der Waals surface area contributed by atoms with Gasteiger partial charge in [-0.3, -0.25) is 4.79 Å². The van der Waals surface area contributed by atoms with Crippen LogP contribution in [0.5, 0.6) is 0 Å². The summed E-state index contributed by atoms with van der Waals surface area (Å²) in [5.74, 6) is -0.300. The molecule has 0 aliphatic heterocycles. The highest BCUT2D eigenvalue weighted by molar-refractivity contribution is 5.86. The Morgan fingerprint density at radius 1 is 1.04 bits per heavy atom. The molecular weight excluding hydrogens is 337 g/mol. The monoisotopic (exact) mass is 351 g/mol. The van der Waals surface area contributed by atoms with Gasteiger partial charge in [-0.2, -0.15) is 0 Å². The Bertz CT molecular complexity index is 1070. The third-order valence-corrected chi connectivity index (χ3v) is 3.95. The van der Waals surface area contributed by atoms with Crippen LogP contribution in [-0.2, 0) is 17.8 Å². The Morgan fingerprint density at radius 3 is 2.73 bits per heavy atom. The van der Waals surface area contributed by atoms with E-state index >= 15 is 0 Å². The van der Waals surface area contributed by atoms with E-state index in [1.165, 1.54) is 6.07 Å². The van der Waals surface area contributed by atoms with Crippen molar-refractivity contribution in [1.82, 2.24) is 15.6 Å². The highest BCUT2D eigenvalue weighted by Gasteiger charge is 2.14. The van der Waals surface area contributed by atoms with Crippen LogP contribution in [0.15, 0.2) is 63.6 Å². The summed E-state index contributed by atoms with van der Waals surface area (Å²) in [6.07, 6.45) is 0.0923. The molecule has 0 saturated heterocycles. The predicted molar refractivity (Wildman–Crippen MR) is 91.5 cm³/mol. The third kappa shape index (κ3) is 3.19. The lowest BCUT2D eigenvalue weighted by atomic mass is 10.1. The molecule has 2 aromatic carbocycles. The Kier molecular flexibility index (Phi) is 4.18. The number of amides is 1. The summed E-state index contributed by atoms with van der Waals surface area (Å²) in [6, 6.07) is 15.2. The lowest BCUT2D eigenvalue weighted by Gasteiger charge is -2.00. The lowest BCUT2D eigenvalue weighted by molar-refractivity contribution is -0.120. The molecule has 0 bridgehead atoms. The molecule has 4 rings (SSSR count). The molecule has 26 heavy (non-hydrogen) atoms. The molecule has 0 aliphatic rings. The summed E-state index contributed by atoms with van der Waals surface area (Å²) >= 11 is 0. The normalized spacial score (nSPS) is 11.0. The van der Waals surface area contributed by atoms with Gasteiger partial charge in [-0.05, 0) is 24.3 Å². The molecule has 0 unspecified atom stereocenters. The van der Waals surface area contributed by atoms with Gasteiger partial charge in [0.15, 0.2) is 11.3 Å². The van der Waals surface area contributed by atoms with Crippen LogP contribution in [-0.4, -0.2) is 16.2 Å². The van der Waals surface area contributed by atoms with Crippen molar-refractivity contribution in [2.75, 3.05) is 0 Å². The van der Waals surface area contributed by atoms with Crippen LogP contribution in [0, 0.1) is 5.82 Å². The van der Waals surface area contributed by atoms with Crippen LogP contribution in [0.3, 0.4) is 0 Å². The molecule has 1 amide bonds. The van der Waals surface area contributed by atoms with Gasteiger partial charge in [-0.15, -0.1) is 0 Å². The number of carbonyl (C=O) groups is 1. The summed E-state index contributed by atoms with van der Waals surface area (Å²) in [6.45, 7) is 0.173. The number of carbonyl (C=O) groups excluding carboxylic acids is 1. The maximum absolute atomic E-state index is 13.8. The van der Waals surface area contributed by atoms with Crippen molar-refractivity contribution in [3.8, 4) is 11.3 Å². The maximum Gasteiger partial charge on any atom is 0.226 e. The van der Waals surface area contributed by atoms with Crippen molar-refractivity contribution in [2.24, 2.45) is 0 Å². The zero-order valence-corrected chi connectivity index (χ0v) is 13.6. The van der Waals surface area contributed by atoms with Crippen LogP contribution < -0.4 is 5.32 Å². The van der Waals surface area contributed by atoms with Gasteiger partial charge in [0.05, 0.1) is 18.5 Å². The van der Waals surface area contributed by atoms with E-state index in [4.69, 9.17) is 9.05 Å². The number of hydrogen-bond donors (Lipinski definition) is 1. The highest BCUT2D eigenvalue weighted by atomic mass is 19.1. The van der Waals surface area contributed by atoms with Crippen molar-refractivity contribution in [2.45, 2.75) is 13.0 Å². The minimum absolute atomic E-state index is 0.0923. The average molecular weight is 351 g/mol. The van der Waals surface area contributed by atoms with E-state index < -0.39 is 5.82 Å². The number of aromatic nitrogens is 2. The van der Waals surface area contributed by atoms with Gasteiger partial charge in [0, 0.05) is 11.5 Å². The van der Waals surface area contributed by atoms with E-state index in [1.807, 2.05) is 18.2 Å². The van der Waals surface area contributed by atoms with Gasteiger partial charge >= 0.3 is 0 Å². The summed E-state index contributed by atoms with van der Waals surface area (Å²) in [4.78, 5) is 12.1. The quantitative estimate of drug-likeness (QED) is 0.595. The van der Waals surface area contributed by atoms with Crippen LogP contribution >= 0.6 is 0 Å². The standard InChI is InChI=1S/C19H14FN3O3/c20-15-7-3-1-5-13(15)18-9-12(22-26-18)11-21-19(24)10-16-14-6-2-4-8-17(14)25-23-16/h1-9H,10-11H2,(H,21,24). The Hall–Kier alpha value is -3.48. The Balaban J connectivity index is 1.40. The number of benzene rings is 2. The number of rotatable bonds is 5. The minimum Gasteiger partial charge on any atom is -0.356 e. The first-order chi connectivity index (χ1) is 12.7. The molecule has 6 nitrogen and oxygen atoms in total. The Morgan fingerprint density at radius 2 is 1.85 bits per heavy atom. The van der Waals surface area contributed by atoms with E-state index in [9.17, 15) is 9.18 Å². The zero-order valence-electron chi connectivity index (χ0n) is 13.6. The molecule has 0 fully saturated rings. The van der Waals surface area contributed by atoms with E-state index in [0.29, 0.717) is 28.3 Å². The van der Waals surface area contributed by atoms with Gasteiger partial charge in [-0.1, -0.05) is 34.6 Å². The molecule has 0 atom stereocenters. The first kappa shape index (κ1) is 16.0. The molecule has 4 aromatic rings. The van der Waals surface area contributed by atoms with Crippen molar-refractivity contribution in [3.05, 3.63) is 71.8 Å². The van der Waals surface area contributed by atoms with Crippen LogP contribution in [0.1, 0.15) is 11.4 Å². The van der Waals surface area contributed by atoms with Crippen LogP contribution in [0.25, 0.3) is 22.3 Å².